The van der Waals surface area contributed by atoms with Crippen molar-refractivity contribution in [2.24, 2.45) is 5.41 Å². The third-order valence-corrected chi connectivity index (χ3v) is 2.73. The van der Waals surface area contributed by atoms with Gasteiger partial charge in [0.05, 0.1) is 6.07 Å². The molecule has 1 aromatic heterocycles. The second-order valence-corrected chi connectivity index (χ2v) is 3.83. The highest BCUT2D eigenvalue weighted by molar-refractivity contribution is 5.13. The highest BCUT2D eigenvalue weighted by Gasteiger charge is 2.42. The summed E-state index contributed by atoms with van der Waals surface area (Å²) in [4.78, 5) is 3.93. The minimum atomic E-state index is 0.126. The smallest absolute Gasteiger partial charge is 0.212 e. The zero-order valence-corrected chi connectivity index (χ0v) is 7.77. The molecule has 1 saturated carbocycles. The summed E-state index contributed by atoms with van der Waals surface area (Å²) in [5.74, 6) is 0.439. The molecular formula is C10H10N4. The van der Waals surface area contributed by atoms with E-state index in [0.717, 1.165) is 19.4 Å². The Morgan fingerprint density at radius 3 is 2.86 bits per heavy atom. The predicted molar refractivity (Wildman–Crippen MR) is 48.8 cm³/mol. The summed E-state index contributed by atoms with van der Waals surface area (Å²) in [5, 5.41) is 17.4. The number of rotatable bonds is 3. The van der Waals surface area contributed by atoms with Gasteiger partial charge in [-0.1, -0.05) is 0 Å². The maximum Gasteiger partial charge on any atom is 0.212 e. The zero-order chi connectivity index (χ0) is 10.0. The van der Waals surface area contributed by atoms with Gasteiger partial charge in [0, 0.05) is 30.8 Å². The van der Waals surface area contributed by atoms with E-state index in [1.54, 1.807) is 12.4 Å². The molecule has 1 fully saturated rings. The molecule has 1 aliphatic rings. The Labute approximate surface area is 82.4 Å². The second-order valence-electron chi connectivity index (χ2n) is 3.83. The molecule has 0 N–H and O–H groups in total. The Morgan fingerprint density at radius 1 is 1.50 bits per heavy atom. The molecule has 4 heteroatoms. The number of aromatic nitrogens is 2. The molecule has 0 aliphatic heterocycles. The lowest BCUT2D eigenvalue weighted by Crippen LogP contribution is -2.11. The first-order chi connectivity index (χ1) is 6.79. The average molecular weight is 186 g/mol. The van der Waals surface area contributed by atoms with Crippen LogP contribution in [0.2, 0.25) is 0 Å². The SMILES string of the molecule is N#CCC1(Cn2ccnc2C#N)CC1. The highest BCUT2D eigenvalue weighted by Crippen LogP contribution is 2.50. The van der Waals surface area contributed by atoms with Crippen LogP contribution in [0.1, 0.15) is 25.1 Å². The fraction of sp³-hybridized carbons (Fsp3) is 0.500. The lowest BCUT2D eigenvalue weighted by Gasteiger charge is -2.11. The standard InChI is InChI=1S/C10H10N4/c11-4-3-10(1-2-10)8-14-6-5-13-9(14)7-12/h5-6H,1-3,8H2. The maximum atomic E-state index is 8.76. The third-order valence-electron chi connectivity index (χ3n) is 2.73. The molecule has 1 aliphatic carbocycles. The van der Waals surface area contributed by atoms with E-state index in [2.05, 4.69) is 11.1 Å². The normalized spacial score (nSPS) is 17.0. The van der Waals surface area contributed by atoms with Crippen LogP contribution in [0.5, 0.6) is 0 Å². The van der Waals surface area contributed by atoms with Crippen molar-refractivity contribution in [3.63, 3.8) is 0 Å². The quantitative estimate of drug-likeness (QED) is 0.717. The Balaban J connectivity index is 2.12. The topological polar surface area (TPSA) is 65.4 Å². The molecule has 0 spiro atoms. The van der Waals surface area contributed by atoms with E-state index < -0.39 is 0 Å². The maximum absolute atomic E-state index is 8.76. The van der Waals surface area contributed by atoms with Crippen LogP contribution in [0.4, 0.5) is 0 Å². The van der Waals surface area contributed by atoms with E-state index in [1.165, 1.54) is 0 Å². The summed E-state index contributed by atoms with van der Waals surface area (Å²) in [6.45, 7) is 0.753. The van der Waals surface area contributed by atoms with Crippen molar-refractivity contribution < 1.29 is 0 Å². The Morgan fingerprint density at radius 2 is 2.29 bits per heavy atom. The first-order valence-electron chi connectivity index (χ1n) is 4.58. The van der Waals surface area contributed by atoms with Gasteiger partial charge in [-0.25, -0.2) is 4.98 Å². The molecule has 0 atom stereocenters. The molecule has 0 radical (unpaired) electrons. The van der Waals surface area contributed by atoms with E-state index in [4.69, 9.17) is 10.5 Å². The molecule has 1 heterocycles. The van der Waals surface area contributed by atoms with Crippen molar-refractivity contribution in [3.8, 4) is 12.1 Å². The number of hydrogen-bond acceptors (Lipinski definition) is 3. The molecule has 14 heavy (non-hydrogen) atoms. The molecule has 0 saturated heterocycles. The van der Waals surface area contributed by atoms with Gasteiger partial charge >= 0.3 is 0 Å². The van der Waals surface area contributed by atoms with Gasteiger partial charge in [0.2, 0.25) is 5.82 Å². The average Bonchev–Trinajstić information content (AvgIpc) is 2.79. The van der Waals surface area contributed by atoms with Crippen molar-refractivity contribution >= 4 is 0 Å². The van der Waals surface area contributed by atoms with Crippen LogP contribution in [-0.4, -0.2) is 9.55 Å². The number of imidazole rings is 1. The van der Waals surface area contributed by atoms with Crippen LogP contribution in [-0.2, 0) is 6.54 Å². The molecule has 1 aromatic rings. The number of nitriles is 2. The van der Waals surface area contributed by atoms with Crippen LogP contribution in [0.3, 0.4) is 0 Å². The van der Waals surface area contributed by atoms with Crippen LogP contribution in [0.15, 0.2) is 12.4 Å². The van der Waals surface area contributed by atoms with Gasteiger partial charge < -0.3 is 4.57 Å². The summed E-state index contributed by atoms with van der Waals surface area (Å²) >= 11 is 0. The van der Waals surface area contributed by atoms with Gasteiger partial charge in [0.25, 0.3) is 0 Å². The number of nitrogens with zero attached hydrogens (tertiary/aromatic N) is 4. The second kappa shape index (κ2) is 3.16. The lowest BCUT2D eigenvalue weighted by molar-refractivity contribution is 0.429. The minimum Gasteiger partial charge on any atom is -0.322 e. The van der Waals surface area contributed by atoms with E-state index in [0.29, 0.717) is 12.2 Å². The Bertz CT molecular complexity index is 414. The Hall–Kier alpha value is -1.81. The molecule has 0 bridgehead atoms. The summed E-state index contributed by atoms with van der Waals surface area (Å²) in [6.07, 6.45) is 6.18. The first kappa shape index (κ1) is 8.77. The molecule has 4 nitrogen and oxygen atoms in total. The van der Waals surface area contributed by atoms with Crippen LogP contribution in [0.25, 0.3) is 0 Å². The van der Waals surface area contributed by atoms with Crippen LogP contribution >= 0.6 is 0 Å². The Kier molecular flexibility index (Phi) is 1.98. The van der Waals surface area contributed by atoms with Gasteiger partial charge in [0.15, 0.2) is 0 Å². The van der Waals surface area contributed by atoms with E-state index in [-0.39, 0.29) is 5.41 Å². The highest BCUT2D eigenvalue weighted by atomic mass is 15.1. The largest absolute Gasteiger partial charge is 0.322 e. The van der Waals surface area contributed by atoms with Gasteiger partial charge in [0.1, 0.15) is 6.07 Å². The first-order valence-corrected chi connectivity index (χ1v) is 4.58. The molecule has 0 aromatic carbocycles. The lowest BCUT2D eigenvalue weighted by atomic mass is 10.0. The molecule has 2 rings (SSSR count). The van der Waals surface area contributed by atoms with Gasteiger partial charge in [-0.05, 0) is 12.8 Å². The van der Waals surface area contributed by atoms with Crippen molar-refractivity contribution in [2.45, 2.75) is 25.8 Å². The monoisotopic (exact) mass is 186 g/mol. The molecule has 70 valence electrons. The summed E-state index contributed by atoms with van der Waals surface area (Å²) in [7, 11) is 0. The van der Waals surface area contributed by atoms with E-state index >= 15 is 0 Å². The van der Waals surface area contributed by atoms with E-state index in [9.17, 15) is 0 Å². The molecule has 0 amide bonds. The van der Waals surface area contributed by atoms with Crippen molar-refractivity contribution in [1.82, 2.24) is 9.55 Å². The van der Waals surface area contributed by atoms with Crippen LogP contribution < -0.4 is 0 Å². The van der Waals surface area contributed by atoms with Crippen molar-refractivity contribution in [2.75, 3.05) is 0 Å². The van der Waals surface area contributed by atoms with Crippen molar-refractivity contribution in [1.29, 1.82) is 10.5 Å². The molecule has 0 unspecified atom stereocenters. The fourth-order valence-electron chi connectivity index (χ4n) is 1.65. The predicted octanol–water partition coefficient (Wildman–Crippen LogP) is 1.45. The molecular weight excluding hydrogens is 176 g/mol. The van der Waals surface area contributed by atoms with Crippen LogP contribution in [0, 0.1) is 28.1 Å². The summed E-state index contributed by atoms with van der Waals surface area (Å²) < 4.78 is 1.84. The fourth-order valence-corrected chi connectivity index (χ4v) is 1.65. The van der Waals surface area contributed by atoms with Crippen molar-refractivity contribution in [3.05, 3.63) is 18.2 Å². The third kappa shape index (κ3) is 1.47. The minimum absolute atomic E-state index is 0.126. The van der Waals surface area contributed by atoms with Gasteiger partial charge in [-0.2, -0.15) is 10.5 Å². The van der Waals surface area contributed by atoms with E-state index in [1.807, 2.05) is 10.6 Å². The van der Waals surface area contributed by atoms with Gasteiger partial charge in [-0.15, -0.1) is 0 Å². The van der Waals surface area contributed by atoms with Gasteiger partial charge in [-0.3, -0.25) is 0 Å². The summed E-state index contributed by atoms with van der Waals surface area (Å²) in [5.41, 5.74) is 0.126. The number of hydrogen-bond donors (Lipinski definition) is 0. The zero-order valence-electron chi connectivity index (χ0n) is 7.77. The summed E-state index contributed by atoms with van der Waals surface area (Å²) in [6, 6.07) is 4.24.